The van der Waals surface area contributed by atoms with Gasteiger partial charge in [0.05, 0.1) is 12.7 Å². The monoisotopic (exact) mass is 203 g/mol. The molecule has 0 aromatic carbocycles. The lowest BCUT2D eigenvalue weighted by Gasteiger charge is -2.08. The van der Waals surface area contributed by atoms with Crippen molar-refractivity contribution >= 4 is 18.5 Å². The van der Waals surface area contributed by atoms with Gasteiger partial charge in [0.2, 0.25) is 6.33 Å². The van der Waals surface area contributed by atoms with Gasteiger partial charge in [0, 0.05) is 0 Å². The molecular formula is C8H16ClN2Si+. The molecule has 68 valence electrons. The van der Waals surface area contributed by atoms with Crippen molar-refractivity contribution in [2.24, 2.45) is 0 Å². The second kappa shape index (κ2) is 3.62. The van der Waals surface area contributed by atoms with Crippen LogP contribution in [0.2, 0.25) is 13.1 Å². The quantitative estimate of drug-likeness (QED) is 0.403. The van der Waals surface area contributed by atoms with Crippen molar-refractivity contribution in [3.8, 4) is 0 Å². The highest BCUT2D eigenvalue weighted by atomic mass is 35.6. The maximum absolute atomic E-state index is 6.23. The Labute approximate surface area is 79.5 Å². The Morgan fingerprint density at radius 2 is 2.17 bits per heavy atom. The first-order chi connectivity index (χ1) is 5.51. The van der Waals surface area contributed by atoms with Gasteiger partial charge in [-0.25, -0.2) is 9.13 Å². The minimum atomic E-state index is -1.48. The van der Waals surface area contributed by atoms with Crippen LogP contribution >= 0.6 is 11.1 Å². The van der Waals surface area contributed by atoms with Crippen molar-refractivity contribution in [3.63, 3.8) is 0 Å². The molecule has 0 atom stereocenters. The Hall–Kier alpha value is -0.283. The molecule has 12 heavy (non-hydrogen) atoms. The van der Waals surface area contributed by atoms with Gasteiger partial charge in [0.15, 0.2) is 7.38 Å². The fourth-order valence-corrected chi connectivity index (χ4v) is 2.62. The number of aromatic nitrogens is 2. The van der Waals surface area contributed by atoms with Crippen molar-refractivity contribution in [1.82, 2.24) is 4.57 Å². The Kier molecular flexibility index (Phi) is 2.96. The molecule has 0 aliphatic carbocycles. The van der Waals surface area contributed by atoms with Gasteiger partial charge in [-0.15, -0.1) is 0 Å². The Morgan fingerprint density at radius 1 is 1.50 bits per heavy atom. The highest BCUT2D eigenvalue weighted by Crippen LogP contribution is 2.06. The lowest BCUT2D eigenvalue weighted by molar-refractivity contribution is -0.680. The summed E-state index contributed by atoms with van der Waals surface area (Å²) in [5, 5.41) is 0. The first-order valence-corrected chi connectivity index (χ1v) is 8.47. The van der Waals surface area contributed by atoms with Crippen LogP contribution in [0.1, 0.15) is 6.92 Å². The minimum Gasteiger partial charge on any atom is -0.239 e. The SMILES string of the molecule is CCn1cc[n+](C[Si](C)(C)Cl)c1. The Bertz CT molecular complexity index is 252. The molecule has 0 spiro atoms. The molecule has 1 rings (SSSR count). The Balaban J connectivity index is 2.64. The molecule has 0 aliphatic rings. The standard InChI is InChI=1S/C8H16ClN2Si/c1-4-10-5-6-11(7-10)8-12(2,3)9/h5-7H,4,8H2,1-3H3/q+1. The van der Waals surface area contributed by atoms with Crippen LogP contribution < -0.4 is 4.57 Å². The maximum Gasteiger partial charge on any atom is 0.243 e. The topological polar surface area (TPSA) is 8.81 Å². The van der Waals surface area contributed by atoms with E-state index in [1.165, 1.54) is 0 Å². The lowest BCUT2D eigenvalue weighted by atomic mass is 10.7. The van der Waals surface area contributed by atoms with Crippen LogP contribution in [0, 0.1) is 0 Å². The summed E-state index contributed by atoms with van der Waals surface area (Å²) in [6, 6.07) is 0. The fourth-order valence-electron chi connectivity index (χ4n) is 1.15. The van der Waals surface area contributed by atoms with Crippen molar-refractivity contribution < 1.29 is 4.57 Å². The lowest BCUT2D eigenvalue weighted by Crippen LogP contribution is -2.43. The molecular weight excluding hydrogens is 188 g/mol. The summed E-state index contributed by atoms with van der Waals surface area (Å²) in [6.45, 7) is 7.47. The minimum absolute atomic E-state index is 0.988. The van der Waals surface area contributed by atoms with Gasteiger partial charge in [-0.3, -0.25) is 0 Å². The van der Waals surface area contributed by atoms with Crippen LogP contribution in [0.5, 0.6) is 0 Å². The second-order valence-electron chi connectivity index (χ2n) is 3.64. The highest BCUT2D eigenvalue weighted by molar-refractivity contribution is 7.18. The molecule has 0 N–H and O–H groups in total. The molecule has 0 bridgehead atoms. The molecule has 0 amide bonds. The van der Waals surface area contributed by atoms with Crippen molar-refractivity contribution in [2.45, 2.75) is 32.7 Å². The normalized spacial score (nSPS) is 12.0. The average molecular weight is 204 g/mol. The molecule has 0 saturated heterocycles. The number of rotatable bonds is 3. The third-order valence-electron chi connectivity index (χ3n) is 1.67. The van der Waals surface area contributed by atoms with Gasteiger partial charge in [0.1, 0.15) is 12.4 Å². The highest BCUT2D eigenvalue weighted by Gasteiger charge is 2.21. The zero-order valence-corrected chi connectivity index (χ0v) is 9.67. The number of aryl methyl sites for hydroxylation is 1. The van der Waals surface area contributed by atoms with Gasteiger partial charge in [-0.1, -0.05) is 13.1 Å². The fraction of sp³-hybridized carbons (Fsp3) is 0.625. The number of hydrogen-bond donors (Lipinski definition) is 0. The summed E-state index contributed by atoms with van der Waals surface area (Å²) in [5.74, 6) is 0. The van der Waals surface area contributed by atoms with Crippen LogP contribution in [0.15, 0.2) is 18.7 Å². The summed E-state index contributed by atoms with van der Waals surface area (Å²) in [7, 11) is -1.48. The third-order valence-corrected chi connectivity index (χ3v) is 3.15. The number of imidazole rings is 1. The predicted molar refractivity (Wildman–Crippen MR) is 53.6 cm³/mol. The molecule has 1 aromatic heterocycles. The smallest absolute Gasteiger partial charge is 0.239 e. The largest absolute Gasteiger partial charge is 0.243 e. The van der Waals surface area contributed by atoms with E-state index in [1.54, 1.807) is 0 Å². The zero-order valence-electron chi connectivity index (χ0n) is 7.92. The van der Waals surface area contributed by atoms with Gasteiger partial charge in [0.25, 0.3) is 0 Å². The molecule has 0 radical (unpaired) electrons. The van der Waals surface area contributed by atoms with E-state index in [1.807, 2.05) is 0 Å². The van der Waals surface area contributed by atoms with Crippen LogP contribution in [0.4, 0.5) is 0 Å². The summed E-state index contributed by atoms with van der Waals surface area (Å²) in [6.07, 6.45) is 7.26. The second-order valence-corrected chi connectivity index (χ2v) is 10.5. The third kappa shape index (κ3) is 2.99. The Morgan fingerprint density at radius 3 is 2.58 bits per heavy atom. The van der Waals surface area contributed by atoms with Crippen LogP contribution in [-0.4, -0.2) is 12.0 Å². The van der Waals surface area contributed by atoms with E-state index in [0.717, 1.165) is 12.7 Å². The van der Waals surface area contributed by atoms with Gasteiger partial charge < -0.3 is 0 Å². The summed E-state index contributed by atoms with van der Waals surface area (Å²) < 4.78 is 4.32. The van der Waals surface area contributed by atoms with E-state index in [0.29, 0.717) is 0 Å². The van der Waals surface area contributed by atoms with Crippen molar-refractivity contribution in [2.75, 3.05) is 0 Å². The maximum atomic E-state index is 6.23. The van der Waals surface area contributed by atoms with Crippen LogP contribution in [-0.2, 0) is 12.7 Å². The van der Waals surface area contributed by atoms with Crippen molar-refractivity contribution in [1.29, 1.82) is 0 Å². The first-order valence-electron chi connectivity index (χ1n) is 4.25. The molecule has 0 fully saturated rings. The average Bonchev–Trinajstić information content (AvgIpc) is 2.32. The van der Waals surface area contributed by atoms with E-state index < -0.39 is 7.38 Å². The first kappa shape index (κ1) is 9.80. The molecule has 4 heteroatoms. The predicted octanol–water partition coefficient (Wildman–Crippen LogP) is 1.78. The van der Waals surface area contributed by atoms with Gasteiger partial charge >= 0.3 is 0 Å². The summed E-state index contributed by atoms with van der Waals surface area (Å²) >= 11 is 6.23. The van der Waals surface area contributed by atoms with Crippen LogP contribution in [0.3, 0.4) is 0 Å². The van der Waals surface area contributed by atoms with Crippen LogP contribution in [0.25, 0.3) is 0 Å². The molecule has 1 heterocycles. The zero-order chi connectivity index (χ0) is 9.19. The van der Waals surface area contributed by atoms with E-state index in [2.05, 4.69) is 47.9 Å². The number of halogens is 1. The molecule has 1 aromatic rings. The van der Waals surface area contributed by atoms with E-state index in [-0.39, 0.29) is 0 Å². The van der Waals surface area contributed by atoms with Gasteiger partial charge in [-0.2, -0.15) is 11.1 Å². The molecule has 0 unspecified atom stereocenters. The van der Waals surface area contributed by atoms with Crippen molar-refractivity contribution in [3.05, 3.63) is 18.7 Å². The number of nitrogens with zero attached hydrogens (tertiary/aromatic N) is 2. The molecule has 0 saturated carbocycles. The summed E-state index contributed by atoms with van der Waals surface area (Å²) in [4.78, 5) is 0. The molecule has 0 aliphatic heterocycles. The van der Waals surface area contributed by atoms with E-state index in [4.69, 9.17) is 11.1 Å². The van der Waals surface area contributed by atoms with Gasteiger partial charge in [-0.05, 0) is 6.92 Å². The number of hydrogen-bond acceptors (Lipinski definition) is 0. The van der Waals surface area contributed by atoms with E-state index in [9.17, 15) is 0 Å². The van der Waals surface area contributed by atoms with E-state index >= 15 is 0 Å². The summed E-state index contributed by atoms with van der Waals surface area (Å²) in [5.41, 5.74) is 0. The molecule has 2 nitrogen and oxygen atoms in total.